The Labute approximate surface area is 124 Å². The smallest absolute Gasteiger partial charge is 0.317 e. The molecule has 5 heteroatoms. The van der Waals surface area contributed by atoms with Crippen molar-refractivity contribution < 1.29 is 4.79 Å². The SMILES string of the molecule is CC.CN1CCC(CNC(=O)N2CCN(C)CC2)CC1. The van der Waals surface area contributed by atoms with Crippen molar-refractivity contribution in [1.29, 1.82) is 0 Å². The molecule has 2 saturated heterocycles. The van der Waals surface area contributed by atoms with Gasteiger partial charge in [-0.3, -0.25) is 0 Å². The standard InChI is InChI=1S/C13H26N4O.C2H6/c1-15-5-3-12(4-6-15)11-14-13(18)17-9-7-16(2)8-10-17;1-2/h12H,3-11H2,1-2H3,(H,14,18);1-2H3. The minimum absolute atomic E-state index is 0.127. The van der Waals surface area contributed by atoms with Gasteiger partial charge in [0.25, 0.3) is 0 Å². The van der Waals surface area contributed by atoms with E-state index in [1.54, 1.807) is 0 Å². The van der Waals surface area contributed by atoms with Crippen molar-refractivity contribution in [2.24, 2.45) is 5.92 Å². The molecule has 2 aliphatic heterocycles. The number of nitrogens with one attached hydrogen (secondary N) is 1. The maximum absolute atomic E-state index is 12.0. The molecular formula is C15H32N4O. The van der Waals surface area contributed by atoms with E-state index in [-0.39, 0.29) is 6.03 Å². The molecule has 5 nitrogen and oxygen atoms in total. The normalized spacial score (nSPS) is 22.1. The molecule has 2 amide bonds. The largest absolute Gasteiger partial charge is 0.338 e. The van der Waals surface area contributed by atoms with Crippen LogP contribution in [-0.2, 0) is 0 Å². The zero-order valence-electron chi connectivity index (χ0n) is 13.7. The quantitative estimate of drug-likeness (QED) is 0.831. The van der Waals surface area contributed by atoms with Crippen LogP contribution in [-0.4, -0.2) is 80.6 Å². The molecule has 0 atom stereocenters. The van der Waals surface area contributed by atoms with E-state index in [0.717, 1.165) is 45.8 Å². The minimum Gasteiger partial charge on any atom is -0.338 e. The van der Waals surface area contributed by atoms with E-state index >= 15 is 0 Å². The van der Waals surface area contributed by atoms with Gasteiger partial charge in [0, 0.05) is 32.7 Å². The summed E-state index contributed by atoms with van der Waals surface area (Å²) < 4.78 is 0. The Kier molecular flexibility index (Phi) is 7.92. The monoisotopic (exact) mass is 284 g/mol. The molecule has 0 radical (unpaired) electrons. The van der Waals surface area contributed by atoms with Crippen molar-refractivity contribution in [2.75, 3.05) is 59.9 Å². The van der Waals surface area contributed by atoms with E-state index in [9.17, 15) is 4.79 Å². The highest BCUT2D eigenvalue weighted by molar-refractivity contribution is 5.74. The molecule has 20 heavy (non-hydrogen) atoms. The molecule has 0 aliphatic carbocycles. The minimum atomic E-state index is 0.127. The summed E-state index contributed by atoms with van der Waals surface area (Å²) in [6.45, 7) is 10.9. The fourth-order valence-electron chi connectivity index (χ4n) is 2.62. The van der Waals surface area contributed by atoms with Gasteiger partial charge in [-0.25, -0.2) is 4.79 Å². The molecule has 0 saturated carbocycles. The maximum Gasteiger partial charge on any atom is 0.317 e. The van der Waals surface area contributed by atoms with E-state index < -0.39 is 0 Å². The van der Waals surface area contributed by atoms with Crippen molar-refractivity contribution in [3.8, 4) is 0 Å². The van der Waals surface area contributed by atoms with Crippen LogP contribution >= 0.6 is 0 Å². The van der Waals surface area contributed by atoms with Gasteiger partial charge in [-0.15, -0.1) is 0 Å². The van der Waals surface area contributed by atoms with Crippen LogP contribution in [0.25, 0.3) is 0 Å². The van der Waals surface area contributed by atoms with E-state index in [2.05, 4.69) is 29.2 Å². The number of hydrogen-bond acceptors (Lipinski definition) is 3. The van der Waals surface area contributed by atoms with Crippen LogP contribution in [0.1, 0.15) is 26.7 Å². The average Bonchev–Trinajstić information content (AvgIpc) is 2.49. The molecule has 1 N–H and O–H groups in total. The molecule has 0 aromatic heterocycles. The summed E-state index contributed by atoms with van der Waals surface area (Å²) in [6, 6.07) is 0.127. The second-order valence-corrected chi connectivity index (χ2v) is 5.72. The third-order valence-electron chi connectivity index (χ3n) is 4.17. The predicted octanol–water partition coefficient (Wildman–Crippen LogP) is 1.31. The number of carbonyl (C=O) groups is 1. The number of amides is 2. The summed E-state index contributed by atoms with van der Waals surface area (Å²) in [5.74, 6) is 0.664. The van der Waals surface area contributed by atoms with Gasteiger partial charge in [-0.05, 0) is 45.9 Å². The molecule has 2 rings (SSSR count). The van der Waals surface area contributed by atoms with Gasteiger partial charge in [-0.1, -0.05) is 13.8 Å². The molecule has 0 unspecified atom stereocenters. The average molecular weight is 284 g/mol. The van der Waals surface area contributed by atoms with Crippen molar-refractivity contribution in [3.63, 3.8) is 0 Å². The van der Waals surface area contributed by atoms with Crippen molar-refractivity contribution in [1.82, 2.24) is 20.0 Å². The fraction of sp³-hybridized carbons (Fsp3) is 0.933. The number of nitrogens with zero attached hydrogens (tertiary/aromatic N) is 3. The Morgan fingerprint density at radius 2 is 1.45 bits per heavy atom. The zero-order chi connectivity index (χ0) is 15.0. The highest BCUT2D eigenvalue weighted by Crippen LogP contribution is 2.14. The number of piperidine rings is 1. The number of likely N-dealkylation sites (N-methyl/N-ethyl adjacent to an activating group) is 1. The van der Waals surface area contributed by atoms with E-state index in [1.165, 1.54) is 12.8 Å². The molecule has 2 fully saturated rings. The summed E-state index contributed by atoms with van der Waals surface area (Å²) in [6.07, 6.45) is 2.42. The molecule has 0 spiro atoms. The molecule has 0 aromatic carbocycles. The molecule has 2 aliphatic rings. The van der Waals surface area contributed by atoms with Crippen LogP contribution in [0.3, 0.4) is 0 Å². The zero-order valence-corrected chi connectivity index (χ0v) is 13.7. The third-order valence-corrected chi connectivity index (χ3v) is 4.17. The van der Waals surface area contributed by atoms with Crippen LogP contribution in [0, 0.1) is 5.92 Å². The lowest BCUT2D eigenvalue weighted by atomic mass is 9.97. The van der Waals surface area contributed by atoms with Crippen LogP contribution < -0.4 is 5.32 Å². The van der Waals surface area contributed by atoms with E-state index in [0.29, 0.717) is 5.92 Å². The van der Waals surface area contributed by atoms with Gasteiger partial charge in [0.2, 0.25) is 0 Å². The van der Waals surface area contributed by atoms with Gasteiger partial charge in [0.05, 0.1) is 0 Å². The van der Waals surface area contributed by atoms with Gasteiger partial charge in [-0.2, -0.15) is 0 Å². The Morgan fingerprint density at radius 1 is 0.950 bits per heavy atom. The van der Waals surface area contributed by atoms with Gasteiger partial charge < -0.3 is 20.0 Å². The summed E-state index contributed by atoms with van der Waals surface area (Å²) in [7, 11) is 4.27. The lowest BCUT2D eigenvalue weighted by molar-refractivity contribution is 0.150. The van der Waals surface area contributed by atoms with Crippen LogP contribution in [0.15, 0.2) is 0 Å². The Morgan fingerprint density at radius 3 is 2.00 bits per heavy atom. The number of rotatable bonds is 2. The van der Waals surface area contributed by atoms with Crippen molar-refractivity contribution in [2.45, 2.75) is 26.7 Å². The predicted molar refractivity (Wildman–Crippen MR) is 84.0 cm³/mol. The first-order valence-corrected chi connectivity index (χ1v) is 8.05. The van der Waals surface area contributed by atoms with Crippen LogP contribution in [0.2, 0.25) is 0 Å². The summed E-state index contributed by atoms with van der Waals surface area (Å²) >= 11 is 0. The summed E-state index contributed by atoms with van der Waals surface area (Å²) in [5.41, 5.74) is 0. The Bertz CT molecular complexity index is 269. The van der Waals surface area contributed by atoms with E-state index in [1.807, 2.05) is 18.7 Å². The van der Waals surface area contributed by atoms with Gasteiger partial charge in [0.15, 0.2) is 0 Å². The highest BCUT2D eigenvalue weighted by atomic mass is 16.2. The Hall–Kier alpha value is -0.810. The number of carbonyl (C=O) groups excluding carboxylic acids is 1. The third kappa shape index (κ3) is 5.67. The summed E-state index contributed by atoms with van der Waals surface area (Å²) in [4.78, 5) is 18.6. The first kappa shape index (κ1) is 17.2. The number of urea groups is 1. The second-order valence-electron chi connectivity index (χ2n) is 5.72. The first-order valence-electron chi connectivity index (χ1n) is 8.05. The second kappa shape index (κ2) is 9.19. The van der Waals surface area contributed by atoms with Crippen molar-refractivity contribution in [3.05, 3.63) is 0 Å². The van der Waals surface area contributed by atoms with Gasteiger partial charge >= 0.3 is 6.03 Å². The van der Waals surface area contributed by atoms with Crippen LogP contribution in [0.4, 0.5) is 4.79 Å². The maximum atomic E-state index is 12.0. The van der Waals surface area contributed by atoms with Gasteiger partial charge in [0.1, 0.15) is 0 Å². The fourth-order valence-corrected chi connectivity index (χ4v) is 2.62. The Balaban J connectivity index is 0.000000956. The molecule has 2 heterocycles. The number of piperazine rings is 1. The topological polar surface area (TPSA) is 38.8 Å². The molecule has 0 aromatic rings. The summed E-state index contributed by atoms with van der Waals surface area (Å²) in [5, 5.41) is 3.10. The lowest BCUT2D eigenvalue weighted by Crippen LogP contribution is -2.51. The van der Waals surface area contributed by atoms with Crippen LogP contribution in [0.5, 0.6) is 0 Å². The molecule has 118 valence electrons. The first-order chi connectivity index (χ1) is 9.65. The number of likely N-dealkylation sites (tertiary alicyclic amines) is 1. The van der Waals surface area contributed by atoms with Crippen molar-refractivity contribution >= 4 is 6.03 Å². The molecule has 0 bridgehead atoms. The lowest BCUT2D eigenvalue weighted by Gasteiger charge is -2.33. The van der Waals surface area contributed by atoms with E-state index in [4.69, 9.17) is 0 Å². The molecular weight excluding hydrogens is 252 g/mol. The highest BCUT2D eigenvalue weighted by Gasteiger charge is 2.21. The number of hydrogen-bond donors (Lipinski definition) is 1.